The van der Waals surface area contributed by atoms with E-state index in [0.717, 1.165) is 62.7 Å². The van der Waals surface area contributed by atoms with Crippen LogP contribution in [0, 0.1) is 0 Å². The van der Waals surface area contributed by atoms with Crippen molar-refractivity contribution in [2.24, 2.45) is 4.99 Å². The number of nitrogens with zero attached hydrogens (tertiary/aromatic N) is 2. The van der Waals surface area contributed by atoms with Crippen LogP contribution in [0.4, 0.5) is 0 Å². The molecule has 2 aromatic rings. The Bertz CT molecular complexity index is 864. The van der Waals surface area contributed by atoms with E-state index in [2.05, 4.69) is 46.8 Å². The average molecular weight is 554 g/mol. The second-order valence-corrected chi connectivity index (χ2v) is 7.67. The van der Waals surface area contributed by atoms with E-state index in [1.54, 1.807) is 16.7 Å². The van der Waals surface area contributed by atoms with Crippen LogP contribution >= 0.6 is 24.0 Å². The van der Waals surface area contributed by atoms with Crippen LogP contribution in [0.1, 0.15) is 37.3 Å². The molecule has 2 N–H and O–H groups in total. The Labute approximate surface area is 207 Å². The van der Waals surface area contributed by atoms with Gasteiger partial charge < -0.3 is 24.7 Å². The number of pyridine rings is 1. The Kier molecular flexibility index (Phi) is 12.4. The van der Waals surface area contributed by atoms with Crippen LogP contribution in [-0.4, -0.2) is 49.5 Å². The van der Waals surface area contributed by atoms with Crippen molar-refractivity contribution < 1.29 is 9.47 Å². The summed E-state index contributed by atoms with van der Waals surface area (Å²) in [6.07, 6.45) is 5.27. The number of nitrogens with one attached hydrogen (secondary N) is 2. The summed E-state index contributed by atoms with van der Waals surface area (Å²) < 4.78 is 13.0. The lowest BCUT2D eigenvalue weighted by molar-refractivity contribution is 0.0168. The molecule has 0 aliphatic carbocycles. The number of halogens is 1. The minimum Gasteiger partial charge on any atom is -0.379 e. The van der Waals surface area contributed by atoms with E-state index in [-0.39, 0.29) is 35.6 Å². The lowest BCUT2D eigenvalue weighted by Gasteiger charge is -2.13. The number of ether oxygens (including phenoxy) is 2. The predicted molar refractivity (Wildman–Crippen MR) is 139 cm³/mol. The minimum absolute atomic E-state index is 0. The SMILES string of the molecule is CCNC(=NCc1ccc(Cn2ccccc2=O)cc1)NCCCOCC1CCCO1.I. The van der Waals surface area contributed by atoms with E-state index in [1.807, 2.05) is 12.3 Å². The molecule has 0 saturated carbocycles. The van der Waals surface area contributed by atoms with Crippen molar-refractivity contribution in [2.75, 3.05) is 32.9 Å². The van der Waals surface area contributed by atoms with E-state index >= 15 is 0 Å². The number of aromatic nitrogens is 1. The molecule has 1 aromatic heterocycles. The van der Waals surface area contributed by atoms with Crippen molar-refractivity contribution in [3.8, 4) is 0 Å². The summed E-state index contributed by atoms with van der Waals surface area (Å²) in [5, 5.41) is 6.64. The first-order valence-electron chi connectivity index (χ1n) is 11.2. The third kappa shape index (κ3) is 9.30. The van der Waals surface area contributed by atoms with Gasteiger partial charge in [0.15, 0.2) is 5.96 Å². The molecule has 1 unspecified atom stereocenters. The lowest BCUT2D eigenvalue weighted by Crippen LogP contribution is -2.38. The van der Waals surface area contributed by atoms with Crippen molar-refractivity contribution in [3.05, 3.63) is 70.1 Å². The number of guanidine groups is 1. The van der Waals surface area contributed by atoms with Crippen LogP contribution in [0.3, 0.4) is 0 Å². The van der Waals surface area contributed by atoms with Gasteiger partial charge in [-0.1, -0.05) is 30.3 Å². The molecule has 3 rings (SSSR count). The second-order valence-electron chi connectivity index (χ2n) is 7.67. The molecule has 1 fully saturated rings. The maximum atomic E-state index is 11.9. The van der Waals surface area contributed by atoms with Crippen molar-refractivity contribution in [1.29, 1.82) is 0 Å². The molecular formula is C24H35IN4O3. The normalized spacial score (nSPS) is 15.9. The number of hydrogen-bond donors (Lipinski definition) is 2. The first kappa shape index (κ1) is 26.3. The van der Waals surface area contributed by atoms with Crippen LogP contribution < -0.4 is 16.2 Å². The Hall–Kier alpha value is -1.91. The van der Waals surface area contributed by atoms with E-state index in [9.17, 15) is 4.79 Å². The molecule has 176 valence electrons. The first-order valence-corrected chi connectivity index (χ1v) is 11.2. The predicted octanol–water partition coefficient (Wildman–Crippen LogP) is 3.16. The zero-order valence-corrected chi connectivity index (χ0v) is 21.1. The Morgan fingerprint density at radius 1 is 1.19 bits per heavy atom. The molecule has 0 bridgehead atoms. The third-order valence-corrected chi connectivity index (χ3v) is 5.12. The number of benzene rings is 1. The van der Waals surface area contributed by atoms with Gasteiger partial charge in [0.2, 0.25) is 0 Å². The summed E-state index contributed by atoms with van der Waals surface area (Å²) in [5.74, 6) is 0.807. The molecule has 32 heavy (non-hydrogen) atoms. The van der Waals surface area contributed by atoms with Crippen LogP contribution in [0.15, 0.2) is 58.4 Å². The molecule has 1 saturated heterocycles. The molecule has 0 amide bonds. The zero-order valence-electron chi connectivity index (χ0n) is 18.8. The standard InChI is InChI=1S/C24H34N4O3.HI/c1-2-25-24(26-13-6-15-30-19-22-7-5-16-31-22)27-17-20-9-11-21(12-10-20)18-28-14-4-3-8-23(28)29;/h3-4,8-12,14,22H,2,5-7,13,15-19H2,1H3,(H2,25,26,27);1H. The van der Waals surface area contributed by atoms with Gasteiger partial charge in [-0.2, -0.15) is 0 Å². The summed E-state index contributed by atoms with van der Waals surface area (Å²) in [6, 6.07) is 13.4. The fourth-order valence-electron chi connectivity index (χ4n) is 3.42. The van der Waals surface area contributed by atoms with Gasteiger partial charge in [-0.25, -0.2) is 4.99 Å². The fourth-order valence-corrected chi connectivity index (χ4v) is 3.42. The molecule has 1 aliphatic rings. The van der Waals surface area contributed by atoms with Crippen molar-refractivity contribution in [3.63, 3.8) is 0 Å². The van der Waals surface area contributed by atoms with Crippen LogP contribution in [0.5, 0.6) is 0 Å². The van der Waals surface area contributed by atoms with Gasteiger partial charge in [0.25, 0.3) is 5.56 Å². The van der Waals surface area contributed by atoms with E-state index < -0.39 is 0 Å². The van der Waals surface area contributed by atoms with Gasteiger partial charge in [0.05, 0.1) is 25.8 Å². The van der Waals surface area contributed by atoms with Crippen molar-refractivity contribution in [1.82, 2.24) is 15.2 Å². The van der Waals surface area contributed by atoms with Gasteiger partial charge in [0.1, 0.15) is 0 Å². The maximum Gasteiger partial charge on any atom is 0.250 e. The Morgan fingerprint density at radius 3 is 2.72 bits per heavy atom. The number of hydrogen-bond acceptors (Lipinski definition) is 4. The van der Waals surface area contributed by atoms with Crippen LogP contribution in [0.2, 0.25) is 0 Å². The van der Waals surface area contributed by atoms with Gasteiger partial charge in [0, 0.05) is 38.6 Å². The fraction of sp³-hybridized carbons (Fsp3) is 0.500. The Morgan fingerprint density at radius 2 is 2.00 bits per heavy atom. The smallest absolute Gasteiger partial charge is 0.250 e. The van der Waals surface area contributed by atoms with Gasteiger partial charge in [-0.05, 0) is 43.4 Å². The van der Waals surface area contributed by atoms with Gasteiger partial charge >= 0.3 is 0 Å². The van der Waals surface area contributed by atoms with E-state index in [4.69, 9.17) is 9.47 Å². The molecule has 8 heteroatoms. The van der Waals surface area contributed by atoms with Crippen molar-refractivity contribution in [2.45, 2.75) is 45.4 Å². The van der Waals surface area contributed by atoms with E-state index in [0.29, 0.717) is 19.7 Å². The topological polar surface area (TPSA) is 76.9 Å². The van der Waals surface area contributed by atoms with E-state index in [1.165, 1.54) is 0 Å². The first-order chi connectivity index (χ1) is 15.2. The average Bonchev–Trinajstić information content (AvgIpc) is 3.30. The molecule has 7 nitrogen and oxygen atoms in total. The lowest BCUT2D eigenvalue weighted by atomic mass is 10.1. The Balaban J connectivity index is 0.00000363. The second kappa shape index (κ2) is 15.0. The summed E-state index contributed by atoms with van der Waals surface area (Å²) >= 11 is 0. The molecule has 2 heterocycles. The van der Waals surface area contributed by atoms with Gasteiger partial charge in [-0.15, -0.1) is 24.0 Å². The minimum atomic E-state index is 0. The van der Waals surface area contributed by atoms with Crippen LogP contribution in [-0.2, 0) is 22.6 Å². The van der Waals surface area contributed by atoms with Gasteiger partial charge in [-0.3, -0.25) is 4.79 Å². The van der Waals surface area contributed by atoms with Crippen LogP contribution in [0.25, 0.3) is 0 Å². The quantitative estimate of drug-likeness (QED) is 0.193. The number of aliphatic imine (C=N–C) groups is 1. The summed E-state index contributed by atoms with van der Waals surface area (Å²) in [4.78, 5) is 16.5. The summed E-state index contributed by atoms with van der Waals surface area (Å²) in [5.41, 5.74) is 2.23. The third-order valence-electron chi connectivity index (χ3n) is 5.12. The highest BCUT2D eigenvalue weighted by Gasteiger charge is 2.14. The molecule has 0 spiro atoms. The molecule has 0 radical (unpaired) electrons. The number of rotatable bonds is 11. The van der Waals surface area contributed by atoms with Crippen molar-refractivity contribution >= 4 is 29.9 Å². The zero-order chi connectivity index (χ0) is 21.7. The highest BCUT2D eigenvalue weighted by molar-refractivity contribution is 14.0. The monoisotopic (exact) mass is 554 g/mol. The molecular weight excluding hydrogens is 519 g/mol. The summed E-state index contributed by atoms with van der Waals surface area (Å²) in [7, 11) is 0. The molecule has 1 atom stereocenters. The largest absolute Gasteiger partial charge is 0.379 e. The molecule has 1 aromatic carbocycles. The molecule has 1 aliphatic heterocycles. The maximum absolute atomic E-state index is 11.9. The highest BCUT2D eigenvalue weighted by Crippen LogP contribution is 2.11. The highest BCUT2D eigenvalue weighted by atomic mass is 127. The summed E-state index contributed by atoms with van der Waals surface area (Å²) in [6.45, 7) is 7.13.